The summed E-state index contributed by atoms with van der Waals surface area (Å²) in [6.45, 7) is 5.31. The molecule has 1 aromatic rings. The number of hydrogen-bond donors (Lipinski definition) is 1. The van der Waals surface area contributed by atoms with Gasteiger partial charge < -0.3 is 4.90 Å². The van der Waals surface area contributed by atoms with Crippen molar-refractivity contribution in [1.29, 1.82) is 0 Å². The first kappa shape index (κ1) is 15.4. The highest BCUT2D eigenvalue weighted by Gasteiger charge is 2.19. The van der Waals surface area contributed by atoms with E-state index in [1.54, 1.807) is 11.4 Å². The van der Waals surface area contributed by atoms with E-state index in [0.29, 0.717) is 15.2 Å². The third kappa shape index (κ3) is 4.24. The number of nitrogens with zero attached hydrogens (tertiary/aromatic N) is 2. The fraction of sp³-hybridized carbons (Fsp3) is 0.636. The zero-order chi connectivity index (χ0) is 13.9. The molecule has 1 aliphatic heterocycles. The van der Waals surface area contributed by atoms with E-state index >= 15 is 0 Å². The van der Waals surface area contributed by atoms with Crippen molar-refractivity contribution in [2.45, 2.75) is 4.21 Å². The van der Waals surface area contributed by atoms with Crippen molar-refractivity contribution in [3.8, 4) is 0 Å². The van der Waals surface area contributed by atoms with Gasteiger partial charge in [-0.05, 0) is 34.4 Å². The van der Waals surface area contributed by atoms with Crippen molar-refractivity contribution >= 4 is 37.3 Å². The Bertz CT molecular complexity index is 510. The highest BCUT2D eigenvalue weighted by molar-refractivity contribution is 9.10. The van der Waals surface area contributed by atoms with Gasteiger partial charge in [-0.2, -0.15) is 0 Å². The molecule has 5 nitrogen and oxygen atoms in total. The molecule has 0 spiro atoms. The Labute approximate surface area is 126 Å². The molecule has 19 heavy (non-hydrogen) atoms. The number of likely N-dealkylation sites (N-methyl/N-ethyl adjacent to an activating group) is 1. The zero-order valence-electron chi connectivity index (χ0n) is 10.8. The number of sulfonamides is 1. The van der Waals surface area contributed by atoms with E-state index in [-0.39, 0.29) is 0 Å². The SMILES string of the molecule is CN1CCN(CCNS(=O)(=O)c2sccc2Br)CC1. The van der Waals surface area contributed by atoms with Crippen molar-refractivity contribution < 1.29 is 8.42 Å². The molecule has 1 saturated heterocycles. The van der Waals surface area contributed by atoms with Gasteiger partial charge in [-0.25, -0.2) is 13.1 Å². The van der Waals surface area contributed by atoms with Gasteiger partial charge in [0.1, 0.15) is 4.21 Å². The van der Waals surface area contributed by atoms with E-state index in [2.05, 4.69) is 37.5 Å². The molecule has 0 unspecified atom stereocenters. The first-order chi connectivity index (χ1) is 8.99. The summed E-state index contributed by atoms with van der Waals surface area (Å²) < 4.78 is 27.7. The number of piperazine rings is 1. The van der Waals surface area contributed by atoms with Crippen LogP contribution in [-0.2, 0) is 10.0 Å². The van der Waals surface area contributed by atoms with E-state index < -0.39 is 10.0 Å². The summed E-state index contributed by atoms with van der Waals surface area (Å²) in [6, 6.07) is 1.75. The Morgan fingerprint density at radius 1 is 1.37 bits per heavy atom. The lowest BCUT2D eigenvalue weighted by Crippen LogP contribution is -2.46. The fourth-order valence-electron chi connectivity index (χ4n) is 1.95. The van der Waals surface area contributed by atoms with Crippen LogP contribution in [0, 0.1) is 0 Å². The van der Waals surface area contributed by atoms with Gasteiger partial charge in [-0.3, -0.25) is 4.90 Å². The van der Waals surface area contributed by atoms with Crippen LogP contribution in [0.3, 0.4) is 0 Å². The Morgan fingerprint density at radius 3 is 2.63 bits per heavy atom. The average Bonchev–Trinajstić information content (AvgIpc) is 2.79. The Hall–Kier alpha value is 0.01000. The zero-order valence-corrected chi connectivity index (χ0v) is 14.0. The van der Waals surface area contributed by atoms with Gasteiger partial charge in [-0.1, -0.05) is 0 Å². The third-order valence-corrected chi connectivity index (χ3v) is 7.28. The molecule has 0 saturated carbocycles. The maximum atomic E-state index is 12.1. The highest BCUT2D eigenvalue weighted by Crippen LogP contribution is 2.27. The van der Waals surface area contributed by atoms with E-state index in [0.717, 1.165) is 32.7 Å². The lowest BCUT2D eigenvalue weighted by atomic mass is 10.3. The maximum absolute atomic E-state index is 12.1. The number of nitrogens with one attached hydrogen (secondary N) is 1. The van der Waals surface area contributed by atoms with Gasteiger partial charge in [0.25, 0.3) is 10.0 Å². The molecule has 0 bridgehead atoms. The summed E-state index contributed by atoms with van der Waals surface area (Å²) in [5.41, 5.74) is 0. The van der Waals surface area contributed by atoms with Crippen LogP contribution < -0.4 is 4.72 Å². The molecule has 0 atom stereocenters. The third-order valence-electron chi connectivity index (χ3n) is 3.14. The van der Waals surface area contributed by atoms with Crippen LogP contribution in [0.15, 0.2) is 20.1 Å². The second kappa shape index (κ2) is 6.64. The predicted octanol–water partition coefficient (Wildman–Crippen LogP) is 1.04. The smallest absolute Gasteiger partial charge is 0.251 e. The highest BCUT2D eigenvalue weighted by atomic mass is 79.9. The molecule has 0 radical (unpaired) electrons. The van der Waals surface area contributed by atoms with Crippen LogP contribution in [0.5, 0.6) is 0 Å². The minimum atomic E-state index is -3.37. The van der Waals surface area contributed by atoms with E-state index in [1.165, 1.54) is 11.3 Å². The Morgan fingerprint density at radius 2 is 2.05 bits per heavy atom. The van der Waals surface area contributed by atoms with Crippen LogP contribution in [0.4, 0.5) is 0 Å². The van der Waals surface area contributed by atoms with Gasteiger partial charge in [0.2, 0.25) is 0 Å². The van der Waals surface area contributed by atoms with Crippen molar-refractivity contribution in [1.82, 2.24) is 14.5 Å². The summed E-state index contributed by atoms with van der Waals surface area (Å²) in [5.74, 6) is 0. The fourth-order valence-corrected chi connectivity index (χ4v) is 5.35. The first-order valence-electron chi connectivity index (χ1n) is 6.12. The van der Waals surface area contributed by atoms with Gasteiger partial charge in [0, 0.05) is 43.7 Å². The molecule has 8 heteroatoms. The van der Waals surface area contributed by atoms with Crippen molar-refractivity contribution in [2.24, 2.45) is 0 Å². The second-order valence-electron chi connectivity index (χ2n) is 4.60. The monoisotopic (exact) mass is 367 g/mol. The number of halogens is 1. The summed E-state index contributed by atoms with van der Waals surface area (Å²) in [5, 5.41) is 1.76. The number of thiophene rings is 1. The quantitative estimate of drug-likeness (QED) is 0.844. The predicted molar refractivity (Wildman–Crippen MR) is 81.1 cm³/mol. The summed E-state index contributed by atoms with van der Waals surface area (Å²) in [4.78, 5) is 4.56. The van der Waals surface area contributed by atoms with Crippen LogP contribution in [0.1, 0.15) is 0 Å². The largest absolute Gasteiger partial charge is 0.304 e. The summed E-state index contributed by atoms with van der Waals surface area (Å²) in [6.07, 6.45) is 0. The second-order valence-corrected chi connectivity index (χ2v) is 8.33. The number of hydrogen-bond acceptors (Lipinski definition) is 5. The van der Waals surface area contributed by atoms with Gasteiger partial charge in [0.15, 0.2) is 0 Å². The lowest BCUT2D eigenvalue weighted by molar-refractivity contribution is 0.156. The van der Waals surface area contributed by atoms with Crippen molar-refractivity contribution in [2.75, 3.05) is 46.3 Å². The average molecular weight is 368 g/mol. The minimum Gasteiger partial charge on any atom is -0.304 e. The molecule has 0 aliphatic carbocycles. The van der Waals surface area contributed by atoms with Crippen LogP contribution in [-0.4, -0.2) is 64.5 Å². The van der Waals surface area contributed by atoms with Crippen molar-refractivity contribution in [3.63, 3.8) is 0 Å². The molecule has 1 fully saturated rings. The molecule has 0 aromatic carbocycles. The van der Waals surface area contributed by atoms with Crippen LogP contribution >= 0.6 is 27.3 Å². The molecule has 1 aromatic heterocycles. The number of rotatable bonds is 5. The molecular weight excluding hydrogens is 350 g/mol. The standard InChI is InChI=1S/C11H18BrN3O2S2/c1-14-5-7-15(8-6-14)4-3-13-19(16,17)11-10(12)2-9-18-11/h2,9,13H,3-8H2,1H3. The molecule has 1 aliphatic rings. The van der Waals surface area contributed by atoms with E-state index in [9.17, 15) is 8.42 Å². The molecular formula is C11H18BrN3O2S2. The summed E-state index contributed by atoms with van der Waals surface area (Å²) in [7, 11) is -1.27. The molecule has 108 valence electrons. The normalized spacial score (nSPS) is 18.8. The van der Waals surface area contributed by atoms with Crippen LogP contribution in [0.25, 0.3) is 0 Å². The van der Waals surface area contributed by atoms with Gasteiger partial charge in [0.05, 0.1) is 0 Å². The molecule has 2 rings (SSSR count). The Balaban J connectivity index is 1.81. The van der Waals surface area contributed by atoms with Crippen molar-refractivity contribution in [3.05, 3.63) is 15.9 Å². The lowest BCUT2D eigenvalue weighted by Gasteiger charge is -2.32. The van der Waals surface area contributed by atoms with Crippen LogP contribution in [0.2, 0.25) is 0 Å². The van der Waals surface area contributed by atoms with Gasteiger partial charge >= 0.3 is 0 Å². The minimum absolute atomic E-state index is 0.353. The van der Waals surface area contributed by atoms with E-state index in [4.69, 9.17) is 0 Å². The Kier molecular flexibility index (Phi) is 5.38. The molecule has 0 amide bonds. The maximum Gasteiger partial charge on any atom is 0.251 e. The van der Waals surface area contributed by atoms with Gasteiger partial charge in [-0.15, -0.1) is 11.3 Å². The topological polar surface area (TPSA) is 52.6 Å². The first-order valence-corrected chi connectivity index (χ1v) is 9.28. The van der Waals surface area contributed by atoms with E-state index in [1.807, 2.05) is 0 Å². The summed E-state index contributed by atoms with van der Waals surface area (Å²) >= 11 is 4.48. The molecule has 1 N–H and O–H groups in total. The molecule has 2 heterocycles.